The highest BCUT2D eigenvalue weighted by atomic mass is 32.2. The largest absolute Gasteiger partial charge is 0.321 e. The predicted molar refractivity (Wildman–Crippen MR) is 108 cm³/mol. The van der Waals surface area contributed by atoms with Crippen LogP contribution in [0.15, 0.2) is 82.1 Å². The Hall–Kier alpha value is -2.97. The second-order valence-electron chi connectivity index (χ2n) is 5.62. The molecule has 0 aliphatic rings. The summed E-state index contributed by atoms with van der Waals surface area (Å²) in [6.45, 7) is 1.69. The Kier molecular flexibility index (Phi) is 5.68. The molecule has 0 aliphatic carbocycles. The van der Waals surface area contributed by atoms with Crippen LogP contribution in [0.5, 0.6) is 0 Å². The summed E-state index contributed by atoms with van der Waals surface area (Å²) in [4.78, 5) is 15.1. The monoisotopic (exact) mass is 399 g/mol. The van der Waals surface area contributed by atoms with E-state index in [0.717, 1.165) is 0 Å². The fourth-order valence-electron chi connectivity index (χ4n) is 2.27. The number of nitrogens with one attached hydrogen (secondary N) is 2. The zero-order valence-electron chi connectivity index (χ0n) is 14.4. The first-order chi connectivity index (χ1) is 13.0. The second-order valence-corrected chi connectivity index (χ2v) is 8.23. The maximum atomic E-state index is 12.2. The van der Waals surface area contributed by atoms with Gasteiger partial charge in [0.05, 0.1) is 15.5 Å². The van der Waals surface area contributed by atoms with Crippen molar-refractivity contribution in [3.05, 3.63) is 82.6 Å². The summed E-state index contributed by atoms with van der Waals surface area (Å²) in [5.41, 5.74) is 1.77. The van der Waals surface area contributed by atoms with E-state index in [1.807, 2.05) is 11.4 Å². The molecule has 2 aromatic carbocycles. The number of amides is 1. The van der Waals surface area contributed by atoms with Crippen LogP contribution in [0.4, 0.5) is 5.69 Å². The fraction of sp³-hybridized carbons (Fsp3) is 0.0526. The summed E-state index contributed by atoms with van der Waals surface area (Å²) in [6, 6.07) is 18.6. The van der Waals surface area contributed by atoms with Gasteiger partial charge in [0, 0.05) is 5.69 Å². The second kappa shape index (κ2) is 8.15. The van der Waals surface area contributed by atoms with E-state index in [1.54, 1.807) is 55.5 Å². The smallest absolute Gasteiger partial charge is 0.276 e. The Labute approximate surface area is 161 Å². The lowest BCUT2D eigenvalue weighted by molar-refractivity contribution is 0.103. The molecule has 1 aromatic heterocycles. The maximum absolute atomic E-state index is 12.2. The average Bonchev–Trinajstić information content (AvgIpc) is 3.22. The highest BCUT2D eigenvalue weighted by molar-refractivity contribution is 7.89. The third-order valence-corrected chi connectivity index (χ3v) is 5.76. The molecule has 0 saturated carbocycles. The van der Waals surface area contributed by atoms with E-state index in [2.05, 4.69) is 15.2 Å². The number of carbonyl (C=O) groups is 1. The zero-order valence-corrected chi connectivity index (χ0v) is 16.0. The first kappa shape index (κ1) is 18.8. The summed E-state index contributed by atoms with van der Waals surface area (Å²) < 4.78 is 24.5. The number of thiophene rings is 1. The standard InChI is InChI=1S/C19H17N3O3S2/c1-14(21-22-27(24,25)17-9-3-2-4-10-17)15-7-5-8-16(13-15)20-19(23)18-11-6-12-26-18/h2-13,22H,1H3,(H,20,23)/b21-14+. The lowest BCUT2D eigenvalue weighted by Crippen LogP contribution is -2.20. The molecular weight excluding hydrogens is 382 g/mol. The number of hydrazone groups is 1. The van der Waals surface area contributed by atoms with Gasteiger partial charge < -0.3 is 5.32 Å². The summed E-state index contributed by atoms with van der Waals surface area (Å²) in [7, 11) is -3.73. The van der Waals surface area contributed by atoms with Crippen LogP contribution in [0, 0.1) is 0 Å². The number of hydrogen-bond acceptors (Lipinski definition) is 5. The maximum Gasteiger partial charge on any atom is 0.276 e. The number of sulfonamides is 1. The zero-order chi connectivity index (χ0) is 19.3. The summed E-state index contributed by atoms with van der Waals surface area (Å²) >= 11 is 1.36. The Morgan fingerprint density at radius 2 is 1.78 bits per heavy atom. The van der Waals surface area contributed by atoms with Crippen LogP contribution in [-0.4, -0.2) is 20.0 Å². The third-order valence-electron chi connectivity index (χ3n) is 3.67. The van der Waals surface area contributed by atoms with Crippen LogP contribution in [0.1, 0.15) is 22.2 Å². The molecule has 0 atom stereocenters. The van der Waals surface area contributed by atoms with E-state index < -0.39 is 10.0 Å². The normalized spacial score (nSPS) is 11.8. The molecule has 0 spiro atoms. The molecule has 1 heterocycles. The molecule has 0 unspecified atom stereocenters. The Morgan fingerprint density at radius 1 is 1.00 bits per heavy atom. The summed E-state index contributed by atoms with van der Waals surface area (Å²) in [6.07, 6.45) is 0. The Morgan fingerprint density at radius 3 is 2.48 bits per heavy atom. The van der Waals surface area contributed by atoms with E-state index in [1.165, 1.54) is 23.5 Å². The highest BCUT2D eigenvalue weighted by Crippen LogP contribution is 2.15. The quantitative estimate of drug-likeness (QED) is 0.489. The summed E-state index contributed by atoms with van der Waals surface area (Å²) in [5.74, 6) is -0.193. The molecule has 2 N–H and O–H groups in total. The van der Waals surface area contributed by atoms with Crippen molar-refractivity contribution < 1.29 is 13.2 Å². The molecule has 6 nitrogen and oxygen atoms in total. The third kappa shape index (κ3) is 4.81. The minimum atomic E-state index is -3.73. The molecule has 1 amide bonds. The molecule has 0 fully saturated rings. The van der Waals surface area contributed by atoms with Crippen LogP contribution in [0.25, 0.3) is 0 Å². The molecule has 8 heteroatoms. The molecule has 27 heavy (non-hydrogen) atoms. The van der Waals surface area contributed by atoms with Crippen LogP contribution >= 0.6 is 11.3 Å². The molecule has 138 valence electrons. The van der Waals surface area contributed by atoms with Crippen LogP contribution in [0.2, 0.25) is 0 Å². The van der Waals surface area contributed by atoms with E-state index in [0.29, 0.717) is 21.8 Å². The van der Waals surface area contributed by atoms with Gasteiger partial charge in [0.2, 0.25) is 0 Å². The lowest BCUT2D eigenvalue weighted by atomic mass is 10.1. The van der Waals surface area contributed by atoms with Crippen LogP contribution in [-0.2, 0) is 10.0 Å². The van der Waals surface area contributed by atoms with E-state index in [4.69, 9.17) is 0 Å². The minimum absolute atomic E-state index is 0.138. The van der Waals surface area contributed by atoms with Crippen molar-refractivity contribution in [3.63, 3.8) is 0 Å². The average molecular weight is 399 g/mol. The molecule has 0 aliphatic heterocycles. The molecular formula is C19H17N3O3S2. The minimum Gasteiger partial charge on any atom is -0.321 e. The van der Waals surface area contributed by atoms with Gasteiger partial charge in [-0.15, -0.1) is 11.3 Å². The van der Waals surface area contributed by atoms with Crippen molar-refractivity contribution in [3.8, 4) is 0 Å². The van der Waals surface area contributed by atoms with Crippen LogP contribution < -0.4 is 10.1 Å². The van der Waals surface area contributed by atoms with Gasteiger partial charge in [0.15, 0.2) is 0 Å². The number of benzene rings is 2. The topological polar surface area (TPSA) is 87.6 Å². The van der Waals surface area contributed by atoms with Gasteiger partial charge in [-0.1, -0.05) is 36.4 Å². The van der Waals surface area contributed by atoms with Gasteiger partial charge in [0.25, 0.3) is 15.9 Å². The molecule has 3 rings (SSSR count). The van der Waals surface area contributed by atoms with Crippen LogP contribution in [0.3, 0.4) is 0 Å². The first-order valence-electron chi connectivity index (χ1n) is 8.02. The van der Waals surface area contributed by atoms with Gasteiger partial charge in [-0.25, -0.2) is 0 Å². The first-order valence-corrected chi connectivity index (χ1v) is 10.4. The van der Waals surface area contributed by atoms with Crippen molar-refractivity contribution in [2.75, 3.05) is 5.32 Å². The fourth-order valence-corrected chi connectivity index (χ4v) is 3.76. The number of anilines is 1. The molecule has 0 bridgehead atoms. The number of carbonyl (C=O) groups excluding carboxylic acids is 1. The molecule has 3 aromatic rings. The van der Waals surface area contributed by atoms with E-state index in [-0.39, 0.29) is 10.8 Å². The lowest BCUT2D eigenvalue weighted by Gasteiger charge is -2.08. The van der Waals surface area contributed by atoms with Gasteiger partial charge in [-0.2, -0.15) is 18.4 Å². The van der Waals surface area contributed by atoms with E-state index >= 15 is 0 Å². The van der Waals surface area contributed by atoms with E-state index in [9.17, 15) is 13.2 Å². The number of nitrogens with zero attached hydrogens (tertiary/aromatic N) is 1. The Balaban J connectivity index is 1.74. The molecule has 0 saturated heterocycles. The highest BCUT2D eigenvalue weighted by Gasteiger charge is 2.12. The van der Waals surface area contributed by atoms with Crippen molar-refractivity contribution in [1.29, 1.82) is 0 Å². The van der Waals surface area contributed by atoms with Gasteiger partial charge in [-0.05, 0) is 48.2 Å². The van der Waals surface area contributed by atoms with Crippen molar-refractivity contribution >= 4 is 38.7 Å². The SMILES string of the molecule is C/C(=N\NS(=O)(=O)c1ccccc1)c1cccc(NC(=O)c2cccs2)c1. The van der Waals surface area contributed by atoms with Crippen molar-refractivity contribution in [1.82, 2.24) is 4.83 Å². The summed E-state index contributed by atoms with van der Waals surface area (Å²) in [5, 5.41) is 8.63. The Bertz CT molecular complexity index is 1060. The number of hydrogen-bond donors (Lipinski definition) is 2. The van der Waals surface area contributed by atoms with Gasteiger partial charge in [-0.3, -0.25) is 4.79 Å². The van der Waals surface area contributed by atoms with Gasteiger partial charge in [0.1, 0.15) is 0 Å². The van der Waals surface area contributed by atoms with Crippen molar-refractivity contribution in [2.45, 2.75) is 11.8 Å². The number of rotatable bonds is 6. The predicted octanol–water partition coefficient (Wildman–Crippen LogP) is 3.70. The molecule has 0 radical (unpaired) electrons. The van der Waals surface area contributed by atoms with Crippen molar-refractivity contribution in [2.24, 2.45) is 5.10 Å². The van der Waals surface area contributed by atoms with Gasteiger partial charge >= 0.3 is 0 Å².